The molecule has 5 heteroatoms. The Balaban J connectivity index is 3.18. The first-order valence-electron chi connectivity index (χ1n) is 5.83. The number of rotatable bonds is 5. The first-order chi connectivity index (χ1) is 8.27. The SMILES string of the molecule is CCOc1ccc(C)cc1C(Br)C(C)S(C)(=O)=O. The summed E-state index contributed by atoms with van der Waals surface area (Å²) in [5.41, 5.74) is 1.97. The van der Waals surface area contributed by atoms with Crippen LogP contribution in [0.1, 0.15) is 29.8 Å². The van der Waals surface area contributed by atoms with Crippen LogP contribution < -0.4 is 4.74 Å². The molecule has 0 heterocycles. The van der Waals surface area contributed by atoms with Crippen molar-refractivity contribution in [2.24, 2.45) is 0 Å². The summed E-state index contributed by atoms with van der Waals surface area (Å²) in [4.78, 5) is -0.269. The maximum Gasteiger partial charge on any atom is 0.151 e. The standard InChI is InChI=1S/C13H19BrO3S/c1-5-17-12-7-6-9(2)8-11(12)13(14)10(3)18(4,15)16/h6-8,10,13H,5H2,1-4H3. The van der Waals surface area contributed by atoms with Gasteiger partial charge in [-0.1, -0.05) is 33.6 Å². The monoisotopic (exact) mass is 334 g/mol. The molecule has 0 saturated carbocycles. The molecular weight excluding hydrogens is 316 g/mol. The Labute approximate surface area is 118 Å². The fraction of sp³-hybridized carbons (Fsp3) is 0.538. The minimum absolute atomic E-state index is 0.269. The van der Waals surface area contributed by atoms with Gasteiger partial charge in [0, 0.05) is 11.8 Å². The van der Waals surface area contributed by atoms with Gasteiger partial charge in [-0.05, 0) is 26.8 Å². The first kappa shape index (κ1) is 15.5. The lowest BCUT2D eigenvalue weighted by Gasteiger charge is -2.20. The van der Waals surface area contributed by atoms with Crippen LogP contribution in [-0.2, 0) is 9.84 Å². The van der Waals surface area contributed by atoms with E-state index in [0.717, 1.165) is 16.9 Å². The average Bonchev–Trinajstić information content (AvgIpc) is 2.28. The Kier molecular flexibility index (Phi) is 5.22. The van der Waals surface area contributed by atoms with Crippen LogP contribution in [0.4, 0.5) is 0 Å². The Bertz CT molecular complexity index is 511. The third kappa shape index (κ3) is 3.72. The van der Waals surface area contributed by atoms with E-state index in [4.69, 9.17) is 4.74 Å². The summed E-state index contributed by atoms with van der Waals surface area (Å²) in [6.07, 6.45) is 1.25. The molecule has 0 bridgehead atoms. The maximum atomic E-state index is 11.6. The number of hydrogen-bond acceptors (Lipinski definition) is 3. The van der Waals surface area contributed by atoms with Crippen LogP contribution in [0.15, 0.2) is 18.2 Å². The van der Waals surface area contributed by atoms with Crippen molar-refractivity contribution in [2.75, 3.05) is 12.9 Å². The molecule has 0 fully saturated rings. The number of ether oxygens (including phenoxy) is 1. The van der Waals surface area contributed by atoms with E-state index in [2.05, 4.69) is 15.9 Å². The molecule has 0 saturated heterocycles. The quantitative estimate of drug-likeness (QED) is 0.776. The Hall–Kier alpha value is -0.550. The lowest BCUT2D eigenvalue weighted by Crippen LogP contribution is -2.21. The van der Waals surface area contributed by atoms with Crippen molar-refractivity contribution < 1.29 is 13.2 Å². The zero-order valence-electron chi connectivity index (χ0n) is 11.1. The summed E-state index contributed by atoms with van der Waals surface area (Å²) >= 11 is 3.48. The van der Waals surface area contributed by atoms with Gasteiger partial charge in [0.05, 0.1) is 16.7 Å². The van der Waals surface area contributed by atoms with Gasteiger partial charge in [-0.3, -0.25) is 0 Å². The molecule has 0 spiro atoms. The number of benzene rings is 1. The van der Waals surface area contributed by atoms with E-state index in [0.29, 0.717) is 6.61 Å². The molecule has 0 aliphatic rings. The number of aryl methyl sites for hydroxylation is 1. The molecule has 18 heavy (non-hydrogen) atoms. The van der Waals surface area contributed by atoms with Gasteiger partial charge < -0.3 is 4.74 Å². The molecule has 0 N–H and O–H groups in total. The minimum atomic E-state index is -3.10. The summed E-state index contributed by atoms with van der Waals surface area (Å²) in [6.45, 7) is 6.15. The minimum Gasteiger partial charge on any atom is -0.494 e. The zero-order chi connectivity index (χ0) is 13.9. The molecule has 0 amide bonds. The highest BCUT2D eigenvalue weighted by atomic mass is 79.9. The van der Waals surface area contributed by atoms with Crippen LogP contribution in [0, 0.1) is 6.92 Å². The maximum absolute atomic E-state index is 11.6. The summed E-state index contributed by atoms with van der Waals surface area (Å²) in [5.74, 6) is 0.737. The molecule has 0 aliphatic carbocycles. The Morgan fingerprint density at radius 1 is 1.39 bits per heavy atom. The fourth-order valence-corrected chi connectivity index (χ4v) is 3.75. The predicted octanol–water partition coefficient (Wildman–Crippen LogP) is 3.26. The second kappa shape index (κ2) is 6.06. The molecule has 102 valence electrons. The Morgan fingerprint density at radius 2 is 2.00 bits per heavy atom. The highest BCUT2D eigenvalue weighted by molar-refractivity contribution is 9.09. The van der Waals surface area contributed by atoms with E-state index in [9.17, 15) is 8.42 Å². The normalized spacial score (nSPS) is 15.2. The molecule has 0 aliphatic heterocycles. The van der Waals surface area contributed by atoms with Crippen molar-refractivity contribution in [3.05, 3.63) is 29.3 Å². The molecular formula is C13H19BrO3S. The van der Waals surface area contributed by atoms with Gasteiger partial charge in [-0.15, -0.1) is 0 Å². The Morgan fingerprint density at radius 3 is 2.50 bits per heavy atom. The molecule has 1 rings (SSSR count). The number of sulfone groups is 1. The second-order valence-corrected chi connectivity index (χ2v) is 7.80. The van der Waals surface area contributed by atoms with E-state index in [1.54, 1.807) is 6.92 Å². The van der Waals surface area contributed by atoms with Crippen LogP contribution in [0.2, 0.25) is 0 Å². The van der Waals surface area contributed by atoms with E-state index in [1.807, 2.05) is 32.0 Å². The summed E-state index contributed by atoms with van der Waals surface area (Å²) in [7, 11) is -3.10. The molecule has 0 aromatic heterocycles. The number of hydrogen-bond donors (Lipinski definition) is 0. The average molecular weight is 335 g/mol. The molecule has 0 radical (unpaired) electrons. The molecule has 1 aromatic rings. The van der Waals surface area contributed by atoms with E-state index < -0.39 is 15.1 Å². The van der Waals surface area contributed by atoms with Crippen molar-refractivity contribution in [3.8, 4) is 5.75 Å². The fourth-order valence-electron chi connectivity index (χ4n) is 1.64. The van der Waals surface area contributed by atoms with Gasteiger partial charge >= 0.3 is 0 Å². The highest BCUT2D eigenvalue weighted by Crippen LogP contribution is 2.36. The third-order valence-electron chi connectivity index (χ3n) is 2.85. The van der Waals surface area contributed by atoms with E-state index in [-0.39, 0.29) is 4.83 Å². The lowest BCUT2D eigenvalue weighted by atomic mass is 10.1. The van der Waals surface area contributed by atoms with Crippen molar-refractivity contribution in [3.63, 3.8) is 0 Å². The van der Waals surface area contributed by atoms with Gasteiger partial charge in [0.2, 0.25) is 0 Å². The zero-order valence-corrected chi connectivity index (χ0v) is 13.5. The topological polar surface area (TPSA) is 43.4 Å². The predicted molar refractivity (Wildman–Crippen MR) is 78.3 cm³/mol. The molecule has 2 atom stereocenters. The van der Waals surface area contributed by atoms with Gasteiger partial charge in [-0.25, -0.2) is 8.42 Å². The van der Waals surface area contributed by atoms with E-state index in [1.165, 1.54) is 6.26 Å². The van der Waals surface area contributed by atoms with Crippen LogP contribution in [0.3, 0.4) is 0 Å². The van der Waals surface area contributed by atoms with Crippen LogP contribution in [-0.4, -0.2) is 26.5 Å². The largest absolute Gasteiger partial charge is 0.494 e. The summed E-state index contributed by atoms with van der Waals surface area (Å²) in [6, 6.07) is 5.81. The smallest absolute Gasteiger partial charge is 0.151 e. The van der Waals surface area contributed by atoms with E-state index >= 15 is 0 Å². The summed E-state index contributed by atoms with van der Waals surface area (Å²) < 4.78 is 28.8. The number of halogens is 1. The van der Waals surface area contributed by atoms with Gasteiger partial charge in [-0.2, -0.15) is 0 Å². The summed E-state index contributed by atoms with van der Waals surface area (Å²) in [5, 5.41) is -0.501. The van der Waals surface area contributed by atoms with Crippen LogP contribution >= 0.6 is 15.9 Å². The molecule has 1 aromatic carbocycles. The first-order valence-corrected chi connectivity index (χ1v) is 8.70. The van der Waals surface area contributed by atoms with Crippen LogP contribution in [0.25, 0.3) is 0 Å². The van der Waals surface area contributed by atoms with Gasteiger partial charge in [0.1, 0.15) is 5.75 Å². The highest BCUT2D eigenvalue weighted by Gasteiger charge is 2.27. The molecule has 3 nitrogen and oxygen atoms in total. The number of alkyl halides is 1. The van der Waals surface area contributed by atoms with Crippen molar-refractivity contribution in [2.45, 2.75) is 30.8 Å². The second-order valence-electron chi connectivity index (χ2n) is 4.41. The van der Waals surface area contributed by atoms with Gasteiger partial charge in [0.15, 0.2) is 9.84 Å². The lowest BCUT2D eigenvalue weighted by molar-refractivity contribution is 0.336. The van der Waals surface area contributed by atoms with Gasteiger partial charge in [0.25, 0.3) is 0 Å². The molecule has 2 unspecified atom stereocenters. The van der Waals surface area contributed by atoms with Crippen molar-refractivity contribution in [1.82, 2.24) is 0 Å². The van der Waals surface area contributed by atoms with Crippen LogP contribution in [0.5, 0.6) is 5.75 Å². The third-order valence-corrected chi connectivity index (χ3v) is 6.11. The van der Waals surface area contributed by atoms with Crippen molar-refractivity contribution in [1.29, 1.82) is 0 Å². The van der Waals surface area contributed by atoms with Crippen molar-refractivity contribution >= 4 is 25.8 Å².